The molecule has 1 amide bonds. The van der Waals surface area contributed by atoms with Crippen molar-refractivity contribution in [1.29, 1.82) is 0 Å². The number of rotatable bonds is 8. The number of nitrogens with one attached hydrogen (secondary N) is 1. The lowest BCUT2D eigenvalue weighted by molar-refractivity contribution is -0.139. The van der Waals surface area contributed by atoms with Gasteiger partial charge in [-0.2, -0.15) is 0 Å². The summed E-state index contributed by atoms with van der Waals surface area (Å²) in [4.78, 5) is 23.5. The normalized spacial score (nSPS) is 12.4. The highest BCUT2D eigenvalue weighted by Crippen LogP contribution is 2.22. The molecule has 0 aromatic carbocycles. The number of carboxylic acids is 1. The molecule has 7 nitrogen and oxygen atoms in total. The highest BCUT2D eigenvalue weighted by Gasteiger charge is 2.26. The molecule has 0 aliphatic rings. The summed E-state index contributed by atoms with van der Waals surface area (Å²) in [6.07, 6.45) is 0.851. The van der Waals surface area contributed by atoms with Gasteiger partial charge in [0, 0.05) is 19.6 Å². The number of nitrogens with zero attached hydrogens (tertiary/aromatic N) is 1. The smallest absolute Gasteiger partial charge is 0.326 e. The van der Waals surface area contributed by atoms with Crippen LogP contribution in [0.5, 0.6) is 0 Å². The Labute approximate surface area is 123 Å². The molecular formula is C14H22N2O5. The summed E-state index contributed by atoms with van der Waals surface area (Å²) in [5, 5.41) is 15.5. The van der Waals surface area contributed by atoms with Crippen molar-refractivity contribution in [2.24, 2.45) is 0 Å². The van der Waals surface area contributed by atoms with Gasteiger partial charge in [0.1, 0.15) is 11.6 Å². The van der Waals surface area contributed by atoms with E-state index in [4.69, 9.17) is 9.26 Å². The summed E-state index contributed by atoms with van der Waals surface area (Å²) < 4.78 is 10.0. The van der Waals surface area contributed by atoms with E-state index in [9.17, 15) is 14.7 Å². The van der Waals surface area contributed by atoms with Gasteiger partial charge in [-0.3, -0.25) is 4.79 Å². The number of aryl methyl sites for hydroxylation is 1. The monoisotopic (exact) mass is 298 g/mol. The van der Waals surface area contributed by atoms with Crippen LogP contribution in [0, 0.1) is 6.92 Å². The number of methoxy groups -OCH3 is 1. The maximum atomic E-state index is 12.3. The molecule has 21 heavy (non-hydrogen) atoms. The van der Waals surface area contributed by atoms with Crippen LogP contribution < -0.4 is 5.32 Å². The van der Waals surface area contributed by atoms with Crippen LogP contribution in [0.4, 0.5) is 0 Å². The first kappa shape index (κ1) is 17.2. The van der Waals surface area contributed by atoms with Crippen molar-refractivity contribution in [3.63, 3.8) is 0 Å². The fourth-order valence-corrected chi connectivity index (χ4v) is 1.98. The average Bonchev–Trinajstić information content (AvgIpc) is 2.79. The van der Waals surface area contributed by atoms with Crippen molar-refractivity contribution in [2.75, 3.05) is 13.7 Å². The summed E-state index contributed by atoms with van der Waals surface area (Å²) in [5.74, 6) is -1.09. The Morgan fingerprint density at radius 2 is 2.10 bits per heavy atom. The van der Waals surface area contributed by atoms with E-state index in [1.165, 1.54) is 0 Å². The number of amides is 1. The second-order valence-corrected chi connectivity index (χ2v) is 5.16. The van der Waals surface area contributed by atoms with Crippen LogP contribution in [0.15, 0.2) is 4.52 Å². The Morgan fingerprint density at radius 1 is 1.43 bits per heavy atom. The van der Waals surface area contributed by atoms with Crippen LogP contribution in [0.3, 0.4) is 0 Å². The van der Waals surface area contributed by atoms with Gasteiger partial charge in [-0.15, -0.1) is 0 Å². The van der Waals surface area contributed by atoms with Crippen molar-refractivity contribution in [1.82, 2.24) is 10.5 Å². The Kier molecular flexibility index (Phi) is 6.36. The first-order valence-corrected chi connectivity index (χ1v) is 6.87. The van der Waals surface area contributed by atoms with Gasteiger partial charge >= 0.3 is 5.97 Å². The third kappa shape index (κ3) is 4.56. The molecule has 0 radical (unpaired) electrons. The van der Waals surface area contributed by atoms with Gasteiger partial charge in [-0.25, -0.2) is 4.79 Å². The topological polar surface area (TPSA) is 102 Å². The molecule has 118 valence electrons. The molecule has 1 aromatic heterocycles. The molecule has 0 aliphatic carbocycles. The van der Waals surface area contributed by atoms with E-state index in [0.29, 0.717) is 36.5 Å². The predicted octanol–water partition coefficient (Wildman–Crippen LogP) is 1.72. The van der Waals surface area contributed by atoms with E-state index >= 15 is 0 Å². The molecule has 0 saturated heterocycles. The average molecular weight is 298 g/mol. The Morgan fingerprint density at radius 3 is 2.62 bits per heavy atom. The van der Waals surface area contributed by atoms with Crippen LogP contribution >= 0.6 is 0 Å². The summed E-state index contributed by atoms with van der Waals surface area (Å²) in [6.45, 7) is 5.86. The molecule has 7 heteroatoms. The minimum Gasteiger partial charge on any atom is -0.480 e. The maximum absolute atomic E-state index is 12.3. The molecule has 0 bridgehead atoms. The van der Waals surface area contributed by atoms with E-state index in [2.05, 4.69) is 10.5 Å². The zero-order chi connectivity index (χ0) is 16.0. The van der Waals surface area contributed by atoms with Crippen molar-refractivity contribution in [3.05, 3.63) is 17.0 Å². The van der Waals surface area contributed by atoms with Crippen LogP contribution in [-0.4, -0.2) is 41.9 Å². The number of carboxylic acid groups (broad SMARTS) is 1. The van der Waals surface area contributed by atoms with Crippen molar-refractivity contribution in [2.45, 2.75) is 45.6 Å². The quantitative estimate of drug-likeness (QED) is 0.708. The van der Waals surface area contributed by atoms with Crippen LogP contribution in [0.1, 0.15) is 54.4 Å². The molecule has 1 heterocycles. The molecule has 1 aromatic rings. The van der Waals surface area contributed by atoms with E-state index < -0.39 is 17.9 Å². The number of aliphatic carboxylic acids is 1. The largest absolute Gasteiger partial charge is 0.480 e. The van der Waals surface area contributed by atoms with E-state index in [0.717, 1.165) is 0 Å². The second kappa shape index (κ2) is 7.78. The fourth-order valence-electron chi connectivity index (χ4n) is 1.98. The SMILES string of the molecule is COCCCC(NC(=O)c1c(C)noc1C(C)C)C(=O)O. The van der Waals surface area contributed by atoms with Gasteiger partial charge in [-0.05, 0) is 19.8 Å². The van der Waals surface area contributed by atoms with Crippen molar-refractivity contribution < 1.29 is 24.0 Å². The summed E-state index contributed by atoms with van der Waals surface area (Å²) in [5.41, 5.74) is 0.778. The number of aromatic nitrogens is 1. The molecule has 1 atom stereocenters. The Bertz CT molecular complexity index is 496. The Balaban J connectivity index is 2.82. The van der Waals surface area contributed by atoms with Gasteiger partial charge in [0.2, 0.25) is 0 Å². The van der Waals surface area contributed by atoms with Gasteiger partial charge in [0.15, 0.2) is 5.76 Å². The molecule has 0 aliphatic heterocycles. The lowest BCUT2D eigenvalue weighted by Gasteiger charge is -2.14. The summed E-state index contributed by atoms with van der Waals surface area (Å²) in [7, 11) is 1.55. The molecule has 1 rings (SSSR count). The Hall–Kier alpha value is -1.89. The zero-order valence-electron chi connectivity index (χ0n) is 12.8. The molecule has 0 fully saturated rings. The van der Waals surface area contributed by atoms with Crippen molar-refractivity contribution >= 4 is 11.9 Å². The molecular weight excluding hydrogens is 276 g/mol. The minimum atomic E-state index is -1.07. The molecule has 0 spiro atoms. The number of carbonyl (C=O) groups excluding carboxylic acids is 1. The number of ether oxygens (including phenoxy) is 1. The summed E-state index contributed by atoms with van der Waals surface area (Å²) >= 11 is 0. The van der Waals surface area contributed by atoms with Crippen LogP contribution in [0.2, 0.25) is 0 Å². The van der Waals surface area contributed by atoms with E-state index in [1.54, 1.807) is 14.0 Å². The lowest BCUT2D eigenvalue weighted by atomic mass is 10.0. The number of hydrogen-bond donors (Lipinski definition) is 2. The minimum absolute atomic E-state index is 0.0104. The zero-order valence-corrected chi connectivity index (χ0v) is 12.8. The van der Waals surface area contributed by atoms with Gasteiger partial charge in [-0.1, -0.05) is 19.0 Å². The highest BCUT2D eigenvalue weighted by molar-refractivity contribution is 5.98. The highest BCUT2D eigenvalue weighted by atomic mass is 16.5. The first-order chi connectivity index (χ1) is 9.88. The standard InChI is InChI=1S/C14H22N2O5/c1-8(2)12-11(9(3)16-21-12)13(17)15-10(14(18)19)6-5-7-20-4/h8,10H,5-7H2,1-4H3,(H,15,17)(H,18,19). The van der Waals surface area contributed by atoms with Crippen LogP contribution in [0.25, 0.3) is 0 Å². The predicted molar refractivity (Wildman–Crippen MR) is 75.3 cm³/mol. The number of carbonyl (C=O) groups is 2. The van der Waals surface area contributed by atoms with Gasteiger partial charge in [0.25, 0.3) is 5.91 Å². The van der Waals surface area contributed by atoms with E-state index in [1.807, 2.05) is 13.8 Å². The molecule has 1 unspecified atom stereocenters. The van der Waals surface area contributed by atoms with Crippen LogP contribution in [-0.2, 0) is 9.53 Å². The fraction of sp³-hybridized carbons (Fsp3) is 0.643. The second-order valence-electron chi connectivity index (χ2n) is 5.16. The third-order valence-corrected chi connectivity index (χ3v) is 3.09. The van der Waals surface area contributed by atoms with Gasteiger partial charge < -0.3 is 19.7 Å². The molecule has 0 saturated carbocycles. The summed E-state index contributed by atoms with van der Waals surface area (Å²) in [6, 6.07) is -0.957. The van der Waals surface area contributed by atoms with Gasteiger partial charge in [0.05, 0.1) is 5.69 Å². The van der Waals surface area contributed by atoms with E-state index in [-0.39, 0.29) is 5.92 Å². The van der Waals surface area contributed by atoms with Crippen molar-refractivity contribution in [3.8, 4) is 0 Å². The lowest BCUT2D eigenvalue weighted by Crippen LogP contribution is -2.41. The number of hydrogen-bond acceptors (Lipinski definition) is 5. The molecule has 2 N–H and O–H groups in total. The third-order valence-electron chi connectivity index (χ3n) is 3.09. The maximum Gasteiger partial charge on any atom is 0.326 e. The first-order valence-electron chi connectivity index (χ1n) is 6.87.